The number of halogens is 1. The summed E-state index contributed by atoms with van der Waals surface area (Å²) in [6, 6.07) is 13.6. The predicted molar refractivity (Wildman–Crippen MR) is 110 cm³/mol. The van der Waals surface area contributed by atoms with E-state index >= 15 is 0 Å². The molecule has 0 amide bonds. The maximum absolute atomic E-state index is 12.8. The Morgan fingerprint density at radius 2 is 2.12 bits per heavy atom. The van der Waals surface area contributed by atoms with E-state index in [0.717, 1.165) is 38.2 Å². The number of fused-ring (bicyclic) bond motifs is 3. The van der Waals surface area contributed by atoms with Gasteiger partial charge in [-0.25, -0.2) is 9.38 Å². The molecule has 6 heteroatoms. The van der Waals surface area contributed by atoms with Crippen LogP contribution in [0.5, 0.6) is 5.75 Å². The topological polar surface area (TPSA) is 43.6 Å². The molecule has 4 rings (SSSR count). The van der Waals surface area contributed by atoms with E-state index in [-0.39, 0.29) is 11.7 Å². The predicted octanol–water partition coefficient (Wildman–Crippen LogP) is 4.40. The van der Waals surface area contributed by atoms with Crippen LogP contribution in [-0.4, -0.2) is 15.5 Å². The number of para-hydroxylation sites is 2. The smallest absolute Gasteiger partial charge is 0.274 e. The maximum Gasteiger partial charge on any atom is 0.274 e. The van der Waals surface area contributed by atoms with E-state index in [1.165, 1.54) is 11.3 Å². The van der Waals surface area contributed by atoms with E-state index < -0.39 is 0 Å². The van der Waals surface area contributed by atoms with Gasteiger partial charge in [0.2, 0.25) is 0 Å². The second-order valence-electron chi connectivity index (χ2n) is 6.16. The van der Waals surface area contributed by atoms with Crippen molar-refractivity contribution >= 4 is 49.3 Å². The molecule has 0 radical (unpaired) electrons. The van der Waals surface area contributed by atoms with Gasteiger partial charge < -0.3 is 4.74 Å². The summed E-state index contributed by atoms with van der Waals surface area (Å²) in [7, 11) is 0. The fourth-order valence-corrected chi connectivity index (χ4v) is 4.24. The van der Waals surface area contributed by atoms with Crippen molar-refractivity contribution in [1.82, 2.24) is 9.38 Å². The fourth-order valence-electron chi connectivity index (χ4n) is 2.77. The molecule has 2 aromatic heterocycles. The summed E-state index contributed by atoms with van der Waals surface area (Å²) < 4.78 is 9.10. The Kier molecular flexibility index (Phi) is 4.54. The second kappa shape index (κ2) is 6.85. The first-order valence-electron chi connectivity index (χ1n) is 8.44. The summed E-state index contributed by atoms with van der Waals surface area (Å²) >= 11 is 4.97. The number of imidazole rings is 1. The van der Waals surface area contributed by atoms with Gasteiger partial charge in [-0.05, 0) is 65.2 Å². The summed E-state index contributed by atoms with van der Waals surface area (Å²) in [5.41, 5.74) is 2.60. The van der Waals surface area contributed by atoms with Crippen molar-refractivity contribution in [1.29, 1.82) is 0 Å². The van der Waals surface area contributed by atoms with Gasteiger partial charge in [0.15, 0.2) is 4.96 Å². The third-order valence-electron chi connectivity index (χ3n) is 4.30. The van der Waals surface area contributed by atoms with Gasteiger partial charge in [-0.15, -0.1) is 0 Å². The molecule has 0 saturated heterocycles. The molecule has 0 fully saturated rings. The van der Waals surface area contributed by atoms with Crippen molar-refractivity contribution in [3.05, 3.63) is 67.4 Å². The Labute approximate surface area is 162 Å². The summed E-state index contributed by atoms with van der Waals surface area (Å²) in [6.45, 7) is 4.13. The van der Waals surface area contributed by atoms with Gasteiger partial charge in [0.05, 0.1) is 26.1 Å². The zero-order valence-corrected chi connectivity index (χ0v) is 16.8. The minimum absolute atomic E-state index is 0.0326. The van der Waals surface area contributed by atoms with E-state index in [1.54, 1.807) is 4.40 Å². The van der Waals surface area contributed by atoms with Gasteiger partial charge in [0.25, 0.3) is 5.56 Å². The molecule has 0 N–H and O–H groups in total. The first-order valence-corrected chi connectivity index (χ1v) is 10.1. The third kappa shape index (κ3) is 3.04. The number of rotatable bonds is 4. The minimum atomic E-state index is -0.0326. The lowest BCUT2D eigenvalue weighted by Gasteiger charge is -2.14. The molecular formula is C20H17BrN2O2S. The number of nitrogens with zero attached hydrogens (tertiary/aromatic N) is 2. The van der Waals surface area contributed by atoms with E-state index in [9.17, 15) is 4.79 Å². The van der Waals surface area contributed by atoms with Crippen molar-refractivity contribution in [2.24, 2.45) is 0 Å². The summed E-state index contributed by atoms with van der Waals surface area (Å²) in [4.78, 5) is 18.1. The summed E-state index contributed by atoms with van der Waals surface area (Å²) in [6.07, 6.45) is 3.00. The lowest BCUT2D eigenvalue weighted by Crippen LogP contribution is -2.22. The highest BCUT2D eigenvalue weighted by Crippen LogP contribution is 2.27. The fraction of sp³-hybridized carbons (Fsp3) is 0.200. The molecule has 2 heterocycles. The Morgan fingerprint density at radius 3 is 2.88 bits per heavy atom. The van der Waals surface area contributed by atoms with Crippen LogP contribution in [-0.2, 0) is 0 Å². The zero-order chi connectivity index (χ0) is 18.3. The maximum atomic E-state index is 12.8. The molecule has 26 heavy (non-hydrogen) atoms. The van der Waals surface area contributed by atoms with Crippen molar-refractivity contribution in [3.8, 4) is 5.75 Å². The average molecular weight is 429 g/mol. The Bertz CT molecular complexity index is 1210. The van der Waals surface area contributed by atoms with E-state index in [0.29, 0.717) is 4.53 Å². The third-order valence-corrected chi connectivity index (χ3v) is 5.89. The molecule has 4 aromatic rings. The van der Waals surface area contributed by atoms with Crippen LogP contribution in [0.25, 0.3) is 22.1 Å². The van der Waals surface area contributed by atoms with Gasteiger partial charge in [0.1, 0.15) is 5.75 Å². The van der Waals surface area contributed by atoms with Gasteiger partial charge in [-0.1, -0.05) is 36.5 Å². The van der Waals surface area contributed by atoms with Gasteiger partial charge >= 0.3 is 0 Å². The molecular weight excluding hydrogens is 412 g/mol. The Hall–Kier alpha value is -2.18. The summed E-state index contributed by atoms with van der Waals surface area (Å²) in [5, 5.41) is 0. The normalized spacial score (nSPS) is 13.6. The number of thiazole rings is 1. The molecule has 0 aliphatic rings. The summed E-state index contributed by atoms with van der Waals surface area (Å²) in [5.74, 6) is 0.811. The molecule has 0 unspecified atom stereocenters. The molecule has 0 aliphatic heterocycles. The van der Waals surface area contributed by atoms with Gasteiger partial charge in [-0.2, -0.15) is 0 Å². The molecule has 4 nitrogen and oxygen atoms in total. The van der Waals surface area contributed by atoms with Crippen molar-refractivity contribution in [2.75, 3.05) is 0 Å². The van der Waals surface area contributed by atoms with Crippen LogP contribution in [0.2, 0.25) is 0 Å². The number of hydrogen-bond acceptors (Lipinski definition) is 4. The second-order valence-corrected chi connectivity index (χ2v) is 8.02. The lowest BCUT2D eigenvalue weighted by molar-refractivity contribution is 0.216. The van der Waals surface area contributed by atoms with Gasteiger partial charge in [-0.3, -0.25) is 4.79 Å². The van der Waals surface area contributed by atoms with Crippen LogP contribution >= 0.6 is 27.3 Å². The molecule has 0 aliphatic carbocycles. The first kappa shape index (κ1) is 17.2. The molecule has 0 spiro atoms. The molecule has 0 saturated carbocycles. The van der Waals surface area contributed by atoms with E-state index in [4.69, 9.17) is 4.74 Å². The van der Waals surface area contributed by atoms with Gasteiger partial charge in [0, 0.05) is 0 Å². The van der Waals surface area contributed by atoms with E-state index in [2.05, 4.69) is 27.8 Å². The minimum Gasteiger partial charge on any atom is -0.490 e. The Morgan fingerprint density at radius 1 is 1.31 bits per heavy atom. The SMILES string of the molecule is CC[C@H](C)Oc1ccc(/C=c2\sc3nc4ccccc4n3c2=O)cc1Br. The monoisotopic (exact) mass is 428 g/mol. The average Bonchev–Trinajstić information content (AvgIpc) is 3.14. The van der Waals surface area contributed by atoms with Crippen molar-refractivity contribution in [3.63, 3.8) is 0 Å². The van der Waals surface area contributed by atoms with Crippen LogP contribution in [0.1, 0.15) is 25.8 Å². The molecule has 2 aromatic carbocycles. The van der Waals surface area contributed by atoms with Crippen LogP contribution < -0.4 is 14.8 Å². The Balaban J connectivity index is 1.78. The number of ether oxygens (including phenoxy) is 1. The highest BCUT2D eigenvalue weighted by molar-refractivity contribution is 9.10. The first-order chi connectivity index (χ1) is 12.6. The number of hydrogen-bond donors (Lipinski definition) is 0. The standard InChI is InChI=1S/C20H17BrN2O2S/c1-3-12(2)25-17-9-8-13(10-14(17)21)11-18-19(24)23-16-7-5-4-6-15(16)22-20(23)26-18/h4-12H,3H2,1-2H3/b18-11-/t12-/m0/s1. The van der Waals surface area contributed by atoms with Crippen LogP contribution in [0.4, 0.5) is 0 Å². The zero-order valence-electron chi connectivity index (χ0n) is 14.4. The highest BCUT2D eigenvalue weighted by atomic mass is 79.9. The van der Waals surface area contributed by atoms with Crippen LogP contribution in [0.15, 0.2) is 51.7 Å². The van der Waals surface area contributed by atoms with Crippen LogP contribution in [0, 0.1) is 0 Å². The number of aromatic nitrogens is 2. The highest BCUT2D eigenvalue weighted by Gasteiger charge is 2.11. The van der Waals surface area contributed by atoms with Crippen LogP contribution in [0.3, 0.4) is 0 Å². The molecule has 1 atom stereocenters. The quantitative estimate of drug-likeness (QED) is 0.483. The van der Waals surface area contributed by atoms with Crippen molar-refractivity contribution < 1.29 is 4.74 Å². The molecule has 132 valence electrons. The lowest BCUT2D eigenvalue weighted by atomic mass is 10.2. The van der Waals surface area contributed by atoms with Crippen molar-refractivity contribution in [2.45, 2.75) is 26.4 Å². The number of benzene rings is 2. The molecule has 0 bridgehead atoms. The largest absolute Gasteiger partial charge is 0.490 e. The van der Waals surface area contributed by atoms with E-state index in [1.807, 2.05) is 55.5 Å².